The Morgan fingerprint density at radius 1 is 0.964 bits per heavy atom. The van der Waals surface area contributed by atoms with Crippen molar-refractivity contribution in [3.05, 3.63) is 71.9 Å². The molecule has 0 saturated carbocycles. The van der Waals surface area contributed by atoms with Crippen LogP contribution in [-0.2, 0) is 0 Å². The molecule has 0 bridgehead atoms. The van der Waals surface area contributed by atoms with Gasteiger partial charge < -0.3 is 20.1 Å². The summed E-state index contributed by atoms with van der Waals surface area (Å²) < 4.78 is 37.0. The van der Waals surface area contributed by atoms with Gasteiger partial charge in [-0.2, -0.15) is 0 Å². The molecule has 1 aromatic heterocycles. The van der Waals surface area contributed by atoms with Crippen LogP contribution in [0.5, 0.6) is 11.5 Å². The zero-order chi connectivity index (χ0) is 20.1. The summed E-state index contributed by atoms with van der Waals surface area (Å²) in [5.74, 6) is -0.447. The predicted molar refractivity (Wildman–Crippen MR) is 101 cm³/mol. The molecule has 0 radical (unpaired) electrons. The summed E-state index contributed by atoms with van der Waals surface area (Å²) in [6, 6.07) is 11.2. The molecule has 0 atom stereocenters. The highest BCUT2D eigenvalue weighted by Crippen LogP contribution is 2.29. The molecule has 8 heteroatoms. The molecule has 2 aromatic carbocycles. The molecule has 1 heterocycles. The van der Waals surface area contributed by atoms with Gasteiger partial charge in [-0.25, -0.2) is 13.8 Å². The summed E-state index contributed by atoms with van der Waals surface area (Å²) in [5.41, 5.74) is 0.848. The fourth-order valence-corrected chi connectivity index (χ4v) is 2.43. The highest BCUT2D eigenvalue weighted by molar-refractivity contribution is 6.05. The Morgan fingerprint density at radius 3 is 2.39 bits per heavy atom. The molecule has 3 aromatic rings. The number of amides is 1. The Labute approximate surface area is 160 Å². The molecule has 1 amide bonds. The van der Waals surface area contributed by atoms with E-state index in [1.165, 1.54) is 38.6 Å². The van der Waals surface area contributed by atoms with Crippen LogP contribution in [0.4, 0.5) is 26.0 Å². The van der Waals surface area contributed by atoms with E-state index >= 15 is 0 Å². The lowest BCUT2D eigenvalue weighted by Gasteiger charge is -2.12. The topological polar surface area (TPSA) is 72.5 Å². The van der Waals surface area contributed by atoms with Crippen LogP contribution in [-0.4, -0.2) is 25.1 Å². The van der Waals surface area contributed by atoms with Gasteiger partial charge in [0.15, 0.2) is 0 Å². The van der Waals surface area contributed by atoms with Crippen LogP contribution in [0.2, 0.25) is 0 Å². The molecule has 144 valence electrons. The van der Waals surface area contributed by atoms with Crippen molar-refractivity contribution in [1.29, 1.82) is 0 Å². The van der Waals surface area contributed by atoms with Gasteiger partial charge in [-0.1, -0.05) is 0 Å². The molecular weight excluding hydrogens is 368 g/mol. The van der Waals surface area contributed by atoms with Crippen LogP contribution >= 0.6 is 0 Å². The molecule has 0 saturated heterocycles. The molecule has 0 aliphatic rings. The van der Waals surface area contributed by atoms with E-state index < -0.39 is 17.5 Å². The zero-order valence-electron chi connectivity index (χ0n) is 15.1. The van der Waals surface area contributed by atoms with Gasteiger partial charge >= 0.3 is 0 Å². The molecule has 0 spiro atoms. The first-order valence-corrected chi connectivity index (χ1v) is 8.21. The van der Waals surface area contributed by atoms with Gasteiger partial charge in [0.2, 0.25) is 0 Å². The van der Waals surface area contributed by atoms with Crippen molar-refractivity contribution < 1.29 is 23.0 Å². The minimum Gasteiger partial charge on any atom is -0.497 e. The SMILES string of the molecule is COc1ccc(NC(=O)c2ccc(Nc3ccc(F)cc3F)nc2)c(OC)c1. The lowest BCUT2D eigenvalue weighted by Crippen LogP contribution is -2.13. The number of anilines is 3. The van der Waals surface area contributed by atoms with Gasteiger partial charge in [-0.15, -0.1) is 0 Å². The van der Waals surface area contributed by atoms with Crippen LogP contribution in [0.1, 0.15) is 10.4 Å². The van der Waals surface area contributed by atoms with Crippen LogP contribution in [0.3, 0.4) is 0 Å². The van der Waals surface area contributed by atoms with Gasteiger partial charge in [0.05, 0.1) is 31.2 Å². The minimum absolute atomic E-state index is 0.0778. The third-order valence-electron chi connectivity index (χ3n) is 3.88. The Hall–Kier alpha value is -3.68. The maximum absolute atomic E-state index is 13.7. The number of nitrogens with zero attached hydrogens (tertiary/aromatic N) is 1. The Kier molecular flexibility index (Phi) is 5.69. The van der Waals surface area contributed by atoms with Gasteiger partial charge in [0.1, 0.15) is 29.0 Å². The van der Waals surface area contributed by atoms with Crippen molar-refractivity contribution in [2.75, 3.05) is 24.9 Å². The smallest absolute Gasteiger partial charge is 0.257 e. The summed E-state index contributed by atoms with van der Waals surface area (Å²) in [4.78, 5) is 16.5. The molecule has 3 rings (SSSR count). The lowest BCUT2D eigenvalue weighted by atomic mass is 10.2. The van der Waals surface area contributed by atoms with E-state index in [2.05, 4.69) is 15.6 Å². The minimum atomic E-state index is -0.741. The molecular formula is C20H17F2N3O3. The molecule has 0 aliphatic carbocycles. The van der Waals surface area contributed by atoms with Crippen molar-refractivity contribution >= 4 is 23.1 Å². The van der Waals surface area contributed by atoms with E-state index in [4.69, 9.17) is 9.47 Å². The van der Waals surface area contributed by atoms with Crippen molar-refractivity contribution in [3.8, 4) is 11.5 Å². The van der Waals surface area contributed by atoms with Crippen LogP contribution in [0.25, 0.3) is 0 Å². The van der Waals surface area contributed by atoms with E-state index in [-0.39, 0.29) is 5.69 Å². The number of pyridine rings is 1. The second kappa shape index (κ2) is 8.34. The average molecular weight is 385 g/mol. The van der Waals surface area contributed by atoms with Crippen molar-refractivity contribution in [3.63, 3.8) is 0 Å². The van der Waals surface area contributed by atoms with Crippen LogP contribution in [0.15, 0.2) is 54.7 Å². The molecule has 2 N–H and O–H groups in total. The Morgan fingerprint density at radius 2 is 1.75 bits per heavy atom. The number of hydrogen-bond donors (Lipinski definition) is 2. The van der Waals surface area contributed by atoms with Crippen LogP contribution in [0, 0.1) is 11.6 Å². The first-order chi connectivity index (χ1) is 13.5. The quantitative estimate of drug-likeness (QED) is 0.659. The lowest BCUT2D eigenvalue weighted by molar-refractivity contribution is 0.102. The number of rotatable bonds is 6. The first kappa shape index (κ1) is 19.1. The third-order valence-corrected chi connectivity index (χ3v) is 3.88. The number of aromatic nitrogens is 1. The largest absolute Gasteiger partial charge is 0.497 e. The normalized spacial score (nSPS) is 10.3. The number of methoxy groups -OCH3 is 2. The second-order valence-corrected chi connectivity index (χ2v) is 5.70. The molecule has 0 unspecified atom stereocenters. The van der Waals surface area contributed by atoms with E-state index in [1.807, 2.05) is 0 Å². The first-order valence-electron chi connectivity index (χ1n) is 8.21. The van der Waals surface area contributed by atoms with Gasteiger partial charge in [0.25, 0.3) is 5.91 Å². The monoisotopic (exact) mass is 385 g/mol. The predicted octanol–water partition coefficient (Wildman–Crippen LogP) is 4.37. The standard InChI is InChI=1S/C20H17F2N3O3/c1-27-14-5-7-17(18(10-14)28-2)25-20(26)12-3-8-19(23-11-12)24-16-6-4-13(21)9-15(16)22/h3-11H,1-2H3,(H,23,24)(H,25,26). The maximum Gasteiger partial charge on any atom is 0.257 e. The Bertz CT molecular complexity index is 994. The fraction of sp³-hybridized carbons (Fsp3) is 0.100. The number of benzene rings is 2. The molecule has 6 nitrogen and oxygen atoms in total. The number of halogens is 2. The molecule has 0 fully saturated rings. The van der Waals surface area contributed by atoms with Crippen LogP contribution < -0.4 is 20.1 Å². The maximum atomic E-state index is 13.7. The zero-order valence-corrected chi connectivity index (χ0v) is 15.1. The highest BCUT2D eigenvalue weighted by Gasteiger charge is 2.12. The van der Waals surface area contributed by atoms with Gasteiger partial charge in [0, 0.05) is 18.3 Å². The summed E-state index contributed by atoms with van der Waals surface area (Å²) in [5, 5.41) is 5.46. The second-order valence-electron chi connectivity index (χ2n) is 5.70. The Balaban J connectivity index is 1.72. The summed E-state index contributed by atoms with van der Waals surface area (Å²) in [7, 11) is 3.02. The third kappa shape index (κ3) is 4.35. The number of carbonyl (C=O) groups excluding carboxylic acids is 1. The number of hydrogen-bond acceptors (Lipinski definition) is 5. The highest BCUT2D eigenvalue weighted by atomic mass is 19.1. The summed E-state index contributed by atoms with van der Waals surface area (Å²) >= 11 is 0. The van der Waals surface area contributed by atoms with E-state index in [9.17, 15) is 13.6 Å². The summed E-state index contributed by atoms with van der Waals surface area (Å²) in [6.45, 7) is 0. The van der Waals surface area contributed by atoms with E-state index in [0.717, 1.165) is 12.1 Å². The van der Waals surface area contributed by atoms with Gasteiger partial charge in [-0.05, 0) is 36.4 Å². The van der Waals surface area contributed by atoms with Gasteiger partial charge in [-0.3, -0.25) is 4.79 Å². The average Bonchev–Trinajstić information content (AvgIpc) is 2.71. The van der Waals surface area contributed by atoms with Crippen molar-refractivity contribution in [2.24, 2.45) is 0 Å². The van der Waals surface area contributed by atoms with E-state index in [0.29, 0.717) is 28.6 Å². The molecule has 0 aliphatic heterocycles. The van der Waals surface area contributed by atoms with E-state index in [1.54, 1.807) is 18.2 Å². The molecule has 28 heavy (non-hydrogen) atoms. The van der Waals surface area contributed by atoms with Crippen molar-refractivity contribution in [2.45, 2.75) is 0 Å². The summed E-state index contributed by atoms with van der Waals surface area (Å²) in [6.07, 6.45) is 1.34. The van der Waals surface area contributed by atoms with Crippen molar-refractivity contribution in [1.82, 2.24) is 4.98 Å². The fourth-order valence-electron chi connectivity index (χ4n) is 2.43. The number of nitrogens with one attached hydrogen (secondary N) is 2. The number of ether oxygens (including phenoxy) is 2. The number of carbonyl (C=O) groups is 1.